The maximum Gasteiger partial charge on any atom is 0.0180 e. The van der Waals surface area contributed by atoms with E-state index in [0.29, 0.717) is 11.3 Å². The van der Waals surface area contributed by atoms with Gasteiger partial charge in [-0.25, -0.2) is 0 Å². The molecule has 0 amide bonds. The minimum absolute atomic E-state index is 0.137. The SMILES string of the molecule is CCCC(C)C1(N)CCC(C(C)(C)C)CC1. The molecule has 0 radical (unpaired) electrons. The highest BCUT2D eigenvalue weighted by molar-refractivity contribution is 4.95. The van der Waals surface area contributed by atoms with Crippen LogP contribution in [0.4, 0.5) is 0 Å². The molecule has 1 aliphatic carbocycles. The number of nitrogens with two attached hydrogens (primary N) is 1. The third-order valence-corrected chi connectivity index (χ3v) is 4.84. The summed E-state index contributed by atoms with van der Waals surface area (Å²) in [6.45, 7) is 11.7. The highest BCUT2D eigenvalue weighted by atomic mass is 14.8. The lowest BCUT2D eigenvalue weighted by Crippen LogP contribution is -2.49. The van der Waals surface area contributed by atoms with Gasteiger partial charge < -0.3 is 5.73 Å². The van der Waals surface area contributed by atoms with Crippen LogP contribution in [0.2, 0.25) is 0 Å². The lowest BCUT2D eigenvalue weighted by molar-refractivity contribution is 0.103. The monoisotopic (exact) mass is 225 g/mol. The molecule has 2 N–H and O–H groups in total. The van der Waals surface area contributed by atoms with Gasteiger partial charge in [0.05, 0.1) is 0 Å². The first kappa shape index (κ1) is 14.0. The van der Waals surface area contributed by atoms with E-state index < -0.39 is 0 Å². The first-order valence-corrected chi connectivity index (χ1v) is 7.08. The van der Waals surface area contributed by atoms with Gasteiger partial charge in [-0.3, -0.25) is 0 Å². The Balaban J connectivity index is 2.53. The van der Waals surface area contributed by atoms with Gasteiger partial charge in [0.1, 0.15) is 0 Å². The van der Waals surface area contributed by atoms with Crippen LogP contribution in [-0.2, 0) is 0 Å². The summed E-state index contributed by atoms with van der Waals surface area (Å²) in [6.07, 6.45) is 7.67. The molecule has 0 aromatic rings. The highest BCUT2D eigenvalue weighted by Gasteiger charge is 2.38. The predicted octanol–water partition coefficient (Wildman–Crippen LogP) is 4.36. The minimum Gasteiger partial charge on any atom is -0.325 e. The second kappa shape index (κ2) is 5.08. The van der Waals surface area contributed by atoms with Crippen molar-refractivity contribution in [3.05, 3.63) is 0 Å². The van der Waals surface area contributed by atoms with E-state index in [9.17, 15) is 0 Å². The first-order valence-electron chi connectivity index (χ1n) is 7.08. The zero-order valence-corrected chi connectivity index (χ0v) is 12.0. The third-order valence-electron chi connectivity index (χ3n) is 4.84. The van der Waals surface area contributed by atoms with Crippen molar-refractivity contribution < 1.29 is 0 Å². The molecule has 96 valence electrons. The van der Waals surface area contributed by atoms with Gasteiger partial charge in [0.2, 0.25) is 0 Å². The Kier molecular flexibility index (Phi) is 4.45. The molecule has 0 heterocycles. The van der Waals surface area contributed by atoms with Gasteiger partial charge in [-0.1, -0.05) is 41.0 Å². The Hall–Kier alpha value is -0.0400. The zero-order chi connectivity index (χ0) is 12.4. The smallest absolute Gasteiger partial charge is 0.0180 e. The van der Waals surface area contributed by atoms with E-state index >= 15 is 0 Å². The normalized spacial score (nSPS) is 33.8. The summed E-state index contributed by atoms with van der Waals surface area (Å²) in [5.41, 5.74) is 7.20. The van der Waals surface area contributed by atoms with Crippen molar-refractivity contribution in [2.24, 2.45) is 23.0 Å². The van der Waals surface area contributed by atoms with Gasteiger partial charge in [-0.05, 0) is 49.4 Å². The Morgan fingerprint density at radius 2 is 1.75 bits per heavy atom. The number of rotatable bonds is 3. The van der Waals surface area contributed by atoms with Crippen molar-refractivity contribution in [3.63, 3.8) is 0 Å². The summed E-state index contributed by atoms with van der Waals surface area (Å²) in [7, 11) is 0. The van der Waals surface area contributed by atoms with E-state index in [1.54, 1.807) is 0 Å². The van der Waals surface area contributed by atoms with Crippen LogP contribution in [0.15, 0.2) is 0 Å². The molecule has 1 unspecified atom stereocenters. The molecular formula is C15H31N. The van der Waals surface area contributed by atoms with E-state index in [1.807, 2.05) is 0 Å². The summed E-state index contributed by atoms with van der Waals surface area (Å²) < 4.78 is 0. The second-order valence-electron chi connectivity index (χ2n) is 7.06. The number of hydrogen-bond acceptors (Lipinski definition) is 1. The predicted molar refractivity (Wildman–Crippen MR) is 72.4 cm³/mol. The molecule has 16 heavy (non-hydrogen) atoms. The highest BCUT2D eigenvalue weighted by Crippen LogP contribution is 2.43. The van der Waals surface area contributed by atoms with Crippen molar-refractivity contribution in [2.45, 2.75) is 78.7 Å². The van der Waals surface area contributed by atoms with Gasteiger partial charge >= 0.3 is 0 Å². The Morgan fingerprint density at radius 1 is 1.25 bits per heavy atom. The number of hydrogen-bond donors (Lipinski definition) is 1. The molecule has 0 spiro atoms. The van der Waals surface area contributed by atoms with E-state index in [4.69, 9.17) is 5.73 Å². The van der Waals surface area contributed by atoms with Gasteiger partial charge in [-0.15, -0.1) is 0 Å². The van der Waals surface area contributed by atoms with Crippen LogP contribution < -0.4 is 5.73 Å². The standard InChI is InChI=1S/C15H31N/c1-6-7-12(2)15(16)10-8-13(9-11-15)14(3,4)5/h12-13H,6-11,16H2,1-5H3. The molecule has 0 aromatic heterocycles. The lowest BCUT2D eigenvalue weighted by Gasteiger charge is -2.45. The molecule has 1 saturated carbocycles. The zero-order valence-electron chi connectivity index (χ0n) is 12.0. The van der Waals surface area contributed by atoms with Crippen LogP contribution in [0.3, 0.4) is 0 Å². The van der Waals surface area contributed by atoms with Gasteiger partial charge in [-0.2, -0.15) is 0 Å². The average molecular weight is 225 g/mol. The first-order chi connectivity index (χ1) is 7.29. The van der Waals surface area contributed by atoms with Crippen molar-refractivity contribution in [1.82, 2.24) is 0 Å². The van der Waals surface area contributed by atoms with Crippen LogP contribution >= 0.6 is 0 Å². The van der Waals surface area contributed by atoms with Crippen LogP contribution in [0.1, 0.15) is 73.1 Å². The molecule has 0 aromatic carbocycles. The van der Waals surface area contributed by atoms with Crippen molar-refractivity contribution in [3.8, 4) is 0 Å². The quantitative estimate of drug-likeness (QED) is 0.759. The summed E-state index contributed by atoms with van der Waals surface area (Å²) in [6, 6.07) is 0. The van der Waals surface area contributed by atoms with Crippen LogP contribution in [0, 0.1) is 17.3 Å². The van der Waals surface area contributed by atoms with Crippen molar-refractivity contribution in [2.75, 3.05) is 0 Å². The fourth-order valence-electron chi connectivity index (χ4n) is 3.23. The summed E-state index contributed by atoms with van der Waals surface area (Å²) >= 11 is 0. The fraction of sp³-hybridized carbons (Fsp3) is 1.00. The van der Waals surface area contributed by atoms with E-state index in [-0.39, 0.29) is 5.54 Å². The van der Waals surface area contributed by atoms with Crippen molar-refractivity contribution in [1.29, 1.82) is 0 Å². The lowest BCUT2D eigenvalue weighted by atomic mass is 9.64. The van der Waals surface area contributed by atoms with Crippen LogP contribution in [0.5, 0.6) is 0 Å². The van der Waals surface area contributed by atoms with Gasteiger partial charge in [0.15, 0.2) is 0 Å². The molecule has 1 nitrogen and oxygen atoms in total. The summed E-state index contributed by atoms with van der Waals surface area (Å²) in [5, 5.41) is 0. The minimum atomic E-state index is 0.137. The molecule has 1 heteroatoms. The van der Waals surface area contributed by atoms with Crippen molar-refractivity contribution >= 4 is 0 Å². The molecule has 0 bridgehead atoms. The molecule has 0 saturated heterocycles. The van der Waals surface area contributed by atoms with Gasteiger partial charge in [0.25, 0.3) is 0 Å². The Bertz CT molecular complexity index is 206. The molecule has 0 aliphatic heterocycles. The maximum atomic E-state index is 6.59. The molecule has 1 atom stereocenters. The van der Waals surface area contributed by atoms with Crippen LogP contribution in [-0.4, -0.2) is 5.54 Å². The topological polar surface area (TPSA) is 26.0 Å². The fourth-order valence-corrected chi connectivity index (χ4v) is 3.23. The van der Waals surface area contributed by atoms with E-state index in [1.165, 1.54) is 38.5 Å². The molecule has 1 aliphatic rings. The summed E-state index contributed by atoms with van der Waals surface area (Å²) in [4.78, 5) is 0. The molecular weight excluding hydrogens is 194 g/mol. The van der Waals surface area contributed by atoms with Gasteiger partial charge in [0, 0.05) is 5.54 Å². The second-order valence-corrected chi connectivity index (χ2v) is 7.06. The van der Waals surface area contributed by atoms with E-state index in [0.717, 1.165) is 5.92 Å². The van der Waals surface area contributed by atoms with E-state index in [2.05, 4.69) is 34.6 Å². The molecule has 1 fully saturated rings. The maximum absolute atomic E-state index is 6.59. The average Bonchev–Trinajstić information content (AvgIpc) is 2.17. The third kappa shape index (κ3) is 3.23. The Labute approximate surface area is 102 Å². The molecule has 1 rings (SSSR count). The Morgan fingerprint density at radius 3 is 2.12 bits per heavy atom. The largest absolute Gasteiger partial charge is 0.325 e. The summed E-state index contributed by atoms with van der Waals surface area (Å²) in [5.74, 6) is 1.57. The van der Waals surface area contributed by atoms with Crippen LogP contribution in [0.25, 0.3) is 0 Å².